The van der Waals surface area contributed by atoms with Crippen LogP contribution in [0, 0.1) is 5.92 Å². The van der Waals surface area contributed by atoms with Crippen molar-refractivity contribution in [1.29, 1.82) is 0 Å². The van der Waals surface area contributed by atoms with E-state index < -0.39 is 0 Å². The second-order valence-electron chi connectivity index (χ2n) is 7.58. The molecule has 1 aromatic rings. The molecule has 5 nitrogen and oxygen atoms in total. The molecule has 2 fully saturated rings. The number of nitrogens with one attached hydrogen (secondary N) is 2. The maximum absolute atomic E-state index is 4.43. The Hall–Kier alpha value is -0.380. The molecule has 154 valence electrons. The smallest absolute Gasteiger partial charge is 0.191 e. The second-order valence-corrected chi connectivity index (χ2v) is 8.61. The summed E-state index contributed by atoms with van der Waals surface area (Å²) in [5.41, 5.74) is 0. The van der Waals surface area contributed by atoms with E-state index >= 15 is 0 Å². The molecule has 2 unspecified atom stereocenters. The number of hydrogen-bond acceptors (Lipinski definition) is 4. The Morgan fingerprint density at radius 2 is 2.04 bits per heavy atom. The molecule has 2 aliphatic heterocycles. The summed E-state index contributed by atoms with van der Waals surface area (Å²) >= 11 is 1.87. The van der Waals surface area contributed by atoms with Crippen molar-refractivity contribution in [3.8, 4) is 0 Å². The molecule has 2 aliphatic rings. The van der Waals surface area contributed by atoms with Crippen molar-refractivity contribution >= 4 is 41.3 Å². The lowest BCUT2D eigenvalue weighted by molar-refractivity contribution is 0.169. The summed E-state index contributed by atoms with van der Waals surface area (Å²) in [6.07, 6.45) is 5.25. The zero-order valence-corrected chi connectivity index (χ0v) is 20.0. The molecule has 2 atom stereocenters. The summed E-state index contributed by atoms with van der Waals surface area (Å²) in [4.78, 5) is 11.1. The third kappa shape index (κ3) is 7.18. The van der Waals surface area contributed by atoms with Crippen molar-refractivity contribution in [2.45, 2.75) is 45.2 Å². The van der Waals surface area contributed by atoms with Crippen molar-refractivity contribution < 1.29 is 0 Å². The Kier molecular flexibility index (Phi) is 10.4. The van der Waals surface area contributed by atoms with Gasteiger partial charge in [-0.2, -0.15) is 0 Å². The molecule has 27 heavy (non-hydrogen) atoms. The predicted molar refractivity (Wildman–Crippen MR) is 127 cm³/mol. The monoisotopic (exact) mass is 505 g/mol. The Balaban J connectivity index is 0.00000261. The van der Waals surface area contributed by atoms with Crippen molar-refractivity contribution in [3.05, 3.63) is 22.4 Å². The molecule has 0 saturated carbocycles. The SMILES string of the molecule is CCN1CCCC1CNC(=NC)NCC1CCCN(Cc2cccs2)C1.I. The van der Waals surface area contributed by atoms with Crippen molar-refractivity contribution in [3.63, 3.8) is 0 Å². The van der Waals surface area contributed by atoms with Gasteiger partial charge in [0.15, 0.2) is 5.96 Å². The average Bonchev–Trinajstić information content (AvgIpc) is 3.33. The van der Waals surface area contributed by atoms with Crippen LogP contribution in [0.1, 0.15) is 37.5 Å². The minimum Gasteiger partial charge on any atom is -0.356 e. The summed E-state index contributed by atoms with van der Waals surface area (Å²) in [6.45, 7) is 10.2. The van der Waals surface area contributed by atoms with Gasteiger partial charge in [-0.25, -0.2) is 0 Å². The van der Waals surface area contributed by atoms with Crippen LogP contribution in [-0.4, -0.2) is 68.1 Å². The zero-order valence-electron chi connectivity index (χ0n) is 16.8. The van der Waals surface area contributed by atoms with E-state index in [2.05, 4.69) is 49.9 Å². The number of aliphatic imine (C=N–C) groups is 1. The third-order valence-electron chi connectivity index (χ3n) is 5.75. The summed E-state index contributed by atoms with van der Waals surface area (Å²) in [5.74, 6) is 1.67. The van der Waals surface area contributed by atoms with Gasteiger partial charge in [-0.05, 0) is 62.7 Å². The van der Waals surface area contributed by atoms with Gasteiger partial charge in [0.1, 0.15) is 0 Å². The van der Waals surface area contributed by atoms with Crippen LogP contribution in [-0.2, 0) is 6.54 Å². The quantitative estimate of drug-likeness (QED) is 0.339. The Morgan fingerprint density at radius 1 is 1.22 bits per heavy atom. The molecule has 2 saturated heterocycles. The number of thiophene rings is 1. The van der Waals surface area contributed by atoms with Crippen LogP contribution in [0.2, 0.25) is 0 Å². The number of likely N-dealkylation sites (tertiary alicyclic amines) is 2. The van der Waals surface area contributed by atoms with E-state index in [4.69, 9.17) is 0 Å². The van der Waals surface area contributed by atoms with E-state index in [1.807, 2.05) is 18.4 Å². The van der Waals surface area contributed by atoms with E-state index in [0.717, 1.165) is 32.1 Å². The van der Waals surface area contributed by atoms with Gasteiger partial charge >= 0.3 is 0 Å². The fraction of sp³-hybridized carbons (Fsp3) is 0.750. The molecule has 0 spiro atoms. The van der Waals surface area contributed by atoms with Crippen molar-refractivity contribution in [1.82, 2.24) is 20.4 Å². The van der Waals surface area contributed by atoms with Crippen LogP contribution >= 0.6 is 35.3 Å². The number of guanidine groups is 1. The number of hydrogen-bond donors (Lipinski definition) is 2. The molecule has 0 amide bonds. The number of nitrogens with zero attached hydrogens (tertiary/aromatic N) is 3. The highest BCUT2D eigenvalue weighted by Crippen LogP contribution is 2.20. The summed E-state index contributed by atoms with van der Waals surface area (Å²) in [7, 11) is 1.88. The predicted octanol–water partition coefficient (Wildman–Crippen LogP) is 3.23. The van der Waals surface area contributed by atoms with Crippen LogP contribution < -0.4 is 10.6 Å². The van der Waals surface area contributed by atoms with Gasteiger partial charge in [0.25, 0.3) is 0 Å². The lowest BCUT2D eigenvalue weighted by Crippen LogP contribution is -2.47. The Morgan fingerprint density at radius 3 is 2.78 bits per heavy atom. The first-order chi connectivity index (χ1) is 12.8. The molecule has 0 aliphatic carbocycles. The minimum absolute atomic E-state index is 0. The van der Waals surface area contributed by atoms with Crippen LogP contribution in [0.3, 0.4) is 0 Å². The first-order valence-electron chi connectivity index (χ1n) is 10.2. The largest absolute Gasteiger partial charge is 0.356 e. The lowest BCUT2D eigenvalue weighted by atomic mass is 9.98. The molecule has 1 aromatic heterocycles. The highest BCUT2D eigenvalue weighted by Gasteiger charge is 2.23. The topological polar surface area (TPSA) is 42.9 Å². The highest BCUT2D eigenvalue weighted by atomic mass is 127. The fourth-order valence-electron chi connectivity index (χ4n) is 4.30. The van der Waals surface area contributed by atoms with E-state index in [0.29, 0.717) is 12.0 Å². The molecule has 3 heterocycles. The first kappa shape index (κ1) is 22.9. The summed E-state index contributed by atoms with van der Waals surface area (Å²) < 4.78 is 0. The van der Waals surface area contributed by atoms with Crippen LogP contribution in [0.15, 0.2) is 22.5 Å². The highest BCUT2D eigenvalue weighted by molar-refractivity contribution is 14.0. The van der Waals surface area contributed by atoms with Gasteiger partial charge in [0, 0.05) is 44.1 Å². The maximum atomic E-state index is 4.43. The standard InChI is InChI=1S/C20H35N5S.HI/c1-3-25-11-5-8-18(25)14-23-20(21-2)22-13-17-7-4-10-24(15-17)16-19-9-6-12-26-19;/h6,9,12,17-18H,3-5,7-8,10-11,13-16H2,1-2H3,(H2,21,22,23);1H. The summed E-state index contributed by atoms with van der Waals surface area (Å²) in [6, 6.07) is 5.07. The average molecular weight is 506 g/mol. The molecule has 7 heteroatoms. The molecule has 0 bridgehead atoms. The molecular weight excluding hydrogens is 469 g/mol. The molecule has 0 aromatic carbocycles. The Bertz CT molecular complexity index is 551. The van der Waals surface area contributed by atoms with Gasteiger partial charge in [-0.1, -0.05) is 13.0 Å². The van der Waals surface area contributed by atoms with Gasteiger partial charge < -0.3 is 10.6 Å². The Labute approximate surface area is 186 Å². The number of likely N-dealkylation sites (N-methyl/N-ethyl adjacent to an activating group) is 1. The fourth-order valence-corrected chi connectivity index (χ4v) is 5.05. The second kappa shape index (κ2) is 12.2. The van der Waals surface area contributed by atoms with E-state index in [1.165, 1.54) is 50.2 Å². The van der Waals surface area contributed by atoms with Gasteiger partial charge in [0.05, 0.1) is 0 Å². The molecular formula is C20H36IN5S. The van der Waals surface area contributed by atoms with Gasteiger partial charge in [-0.3, -0.25) is 14.8 Å². The third-order valence-corrected chi connectivity index (χ3v) is 6.62. The molecule has 2 N–H and O–H groups in total. The normalized spacial score (nSPS) is 24.6. The van der Waals surface area contributed by atoms with E-state index in [1.54, 1.807) is 0 Å². The lowest BCUT2D eigenvalue weighted by Gasteiger charge is -2.33. The molecule has 3 rings (SSSR count). The van der Waals surface area contributed by atoms with E-state index in [9.17, 15) is 0 Å². The maximum Gasteiger partial charge on any atom is 0.191 e. The number of piperidine rings is 1. The van der Waals surface area contributed by atoms with E-state index in [-0.39, 0.29) is 24.0 Å². The number of rotatable bonds is 7. The molecule has 0 radical (unpaired) electrons. The minimum atomic E-state index is 0. The van der Waals surface area contributed by atoms with Crippen LogP contribution in [0.4, 0.5) is 0 Å². The van der Waals surface area contributed by atoms with Crippen molar-refractivity contribution in [2.75, 3.05) is 46.3 Å². The van der Waals surface area contributed by atoms with Crippen LogP contribution in [0.5, 0.6) is 0 Å². The van der Waals surface area contributed by atoms with Gasteiger partial charge in [0.2, 0.25) is 0 Å². The van der Waals surface area contributed by atoms with Crippen LogP contribution in [0.25, 0.3) is 0 Å². The zero-order chi connectivity index (χ0) is 18.2. The first-order valence-corrected chi connectivity index (χ1v) is 11.1. The number of halogens is 1. The van der Waals surface area contributed by atoms with Gasteiger partial charge in [-0.15, -0.1) is 35.3 Å². The van der Waals surface area contributed by atoms with Crippen molar-refractivity contribution in [2.24, 2.45) is 10.9 Å². The summed E-state index contributed by atoms with van der Waals surface area (Å²) in [5, 5.41) is 9.30.